The van der Waals surface area contributed by atoms with Crippen molar-refractivity contribution >= 4 is 61.9 Å². The Hall–Kier alpha value is -2.64. The van der Waals surface area contributed by atoms with E-state index in [2.05, 4.69) is 31.2 Å². The van der Waals surface area contributed by atoms with Gasteiger partial charge in [0.15, 0.2) is 5.16 Å². The second kappa shape index (κ2) is 15.5. The highest BCUT2D eigenvalue weighted by Gasteiger charge is 2.25. The first kappa shape index (κ1) is 31.3. The molecule has 1 amide bonds. The van der Waals surface area contributed by atoms with Crippen molar-refractivity contribution in [1.82, 2.24) is 15.3 Å². The number of carbonyl (C=O) groups is 1. The number of nitrogens with zero attached hydrogens (tertiary/aromatic N) is 1. The summed E-state index contributed by atoms with van der Waals surface area (Å²) in [6.07, 6.45) is 6.96. The van der Waals surface area contributed by atoms with Crippen molar-refractivity contribution < 1.29 is 19.4 Å². The van der Waals surface area contributed by atoms with E-state index in [1.807, 2.05) is 13.8 Å². The monoisotopic (exact) mass is 670 g/mol. The van der Waals surface area contributed by atoms with Crippen LogP contribution in [0.1, 0.15) is 68.1 Å². The summed E-state index contributed by atoms with van der Waals surface area (Å²) in [5.41, 5.74) is 0.879. The fourth-order valence-electron chi connectivity index (χ4n) is 3.88. The summed E-state index contributed by atoms with van der Waals surface area (Å²) in [5, 5.41) is 4.70. The first-order valence-corrected chi connectivity index (χ1v) is 15.8. The van der Waals surface area contributed by atoms with Gasteiger partial charge in [-0.05, 0) is 61.5 Å². The van der Waals surface area contributed by atoms with Gasteiger partial charge in [-0.15, -0.1) is 0 Å². The van der Waals surface area contributed by atoms with Crippen LogP contribution in [0.4, 0.5) is 4.39 Å². The number of nitrogens with one attached hydrogen (secondary N) is 2. The Kier molecular flexibility index (Phi) is 11.9. The number of amides is 1. The smallest absolute Gasteiger partial charge is 0.337 e. The SMILES string of the molecule is BrCC1CC1.CCc1cc(=O)oc2c1C(=O)NC(=S)C2.CCc1cc(=O)oc2nc(SCC3CC3)[nH]c(=O)c12.[2H]CF. The summed E-state index contributed by atoms with van der Waals surface area (Å²) in [6.45, 7) is 3.78. The van der Waals surface area contributed by atoms with Gasteiger partial charge in [0.25, 0.3) is 11.5 Å². The molecule has 3 aliphatic rings. The Morgan fingerprint density at radius 2 is 1.68 bits per heavy atom. The van der Waals surface area contributed by atoms with Crippen LogP contribution in [0.25, 0.3) is 11.1 Å². The van der Waals surface area contributed by atoms with Crippen molar-refractivity contribution in [2.24, 2.45) is 11.8 Å². The van der Waals surface area contributed by atoms with Crippen molar-refractivity contribution in [3.05, 3.63) is 65.8 Å². The second-order valence-corrected chi connectivity index (χ2v) is 11.8. The van der Waals surface area contributed by atoms with Crippen LogP contribution in [0.3, 0.4) is 0 Å². The zero-order valence-corrected chi connectivity index (χ0v) is 26.1. The van der Waals surface area contributed by atoms with Crippen molar-refractivity contribution in [1.29, 1.82) is 0 Å². The lowest BCUT2D eigenvalue weighted by Crippen LogP contribution is -2.37. The second-order valence-electron chi connectivity index (χ2n) is 9.64. The molecule has 0 saturated heterocycles. The summed E-state index contributed by atoms with van der Waals surface area (Å²) in [5.74, 6) is 2.84. The van der Waals surface area contributed by atoms with Gasteiger partial charge in [0, 0.05) is 23.2 Å². The van der Waals surface area contributed by atoms with E-state index in [0.29, 0.717) is 57.2 Å². The Labute approximate surface area is 255 Å². The largest absolute Gasteiger partial charge is 0.427 e. The molecule has 0 bridgehead atoms. The van der Waals surface area contributed by atoms with Crippen molar-refractivity contribution in [3.8, 4) is 0 Å². The van der Waals surface area contributed by atoms with Gasteiger partial charge in [0.05, 0.1) is 25.5 Å². The van der Waals surface area contributed by atoms with Gasteiger partial charge >= 0.3 is 11.3 Å². The topological polar surface area (TPSA) is 135 Å². The molecule has 41 heavy (non-hydrogen) atoms. The maximum absolute atomic E-state index is 12.1. The minimum atomic E-state index is -1.00. The molecule has 222 valence electrons. The van der Waals surface area contributed by atoms with E-state index in [-0.39, 0.29) is 17.2 Å². The highest BCUT2D eigenvalue weighted by atomic mass is 79.9. The Balaban J connectivity index is 0.000000186. The Morgan fingerprint density at radius 1 is 1.07 bits per heavy atom. The van der Waals surface area contributed by atoms with Crippen LogP contribution in [-0.2, 0) is 19.3 Å². The number of thiocarbonyl (C=S) groups is 1. The summed E-state index contributed by atoms with van der Waals surface area (Å²) in [6, 6.07) is 2.71. The molecular formula is C28H33BrFN3O6S2. The van der Waals surface area contributed by atoms with E-state index in [1.54, 1.807) is 0 Å². The number of halogens is 2. The number of aromatic amines is 1. The van der Waals surface area contributed by atoms with E-state index in [1.165, 1.54) is 54.9 Å². The zero-order chi connectivity index (χ0) is 30.8. The zero-order valence-electron chi connectivity index (χ0n) is 23.8. The lowest BCUT2D eigenvalue weighted by Gasteiger charge is -2.17. The van der Waals surface area contributed by atoms with E-state index < -0.39 is 18.4 Å². The molecule has 2 aliphatic carbocycles. The molecule has 2 saturated carbocycles. The van der Waals surface area contributed by atoms with Crippen LogP contribution in [0.2, 0.25) is 0 Å². The summed E-state index contributed by atoms with van der Waals surface area (Å²) >= 11 is 9.77. The summed E-state index contributed by atoms with van der Waals surface area (Å²) < 4.78 is 25.5. The number of aryl methyl sites for hydroxylation is 2. The van der Waals surface area contributed by atoms with E-state index in [4.69, 9.17) is 22.4 Å². The summed E-state index contributed by atoms with van der Waals surface area (Å²) in [7, 11) is -1.00. The van der Waals surface area contributed by atoms with Gasteiger partial charge in [0.1, 0.15) is 11.1 Å². The maximum atomic E-state index is 12.1. The lowest BCUT2D eigenvalue weighted by molar-refractivity contribution is 0.0968. The minimum Gasteiger partial charge on any atom is -0.427 e. The normalized spacial score (nSPS) is 15.7. The van der Waals surface area contributed by atoms with E-state index in [9.17, 15) is 23.6 Å². The predicted octanol–water partition coefficient (Wildman–Crippen LogP) is 5.13. The molecule has 13 heteroatoms. The van der Waals surface area contributed by atoms with Crippen LogP contribution in [-0.4, -0.2) is 39.1 Å². The molecule has 2 N–H and O–H groups in total. The highest BCUT2D eigenvalue weighted by molar-refractivity contribution is 9.09. The van der Waals surface area contributed by atoms with Crippen LogP contribution in [0, 0.1) is 11.8 Å². The van der Waals surface area contributed by atoms with Crippen LogP contribution < -0.4 is 22.1 Å². The predicted molar refractivity (Wildman–Crippen MR) is 165 cm³/mol. The van der Waals surface area contributed by atoms with Crippen LogP contribution in [0.15, 0.2) is 40.5 Å². The molecule has 3 aromatic rings. The Morgan fingerprint density at radius 3 is 2.24 bits per heavy atom. The van der Waals surface area contributed by atoms with Crippen molar-refractivity contribution in [2.75, 3.05) is 18.2 Å². The minimum absolute atomic E-state index is 0.145. The van der Waals surface area contributed by atoms with Crippen LogP contribution >= 0.6 is 39.9 Å². The average molecular weight is 672 g/mol. The molecule has 9 nitrogen and oxygen atoms in total. The van der Waals surface area contributed by atoms with Gasteiger partial charge in [-0.2, -0.15) is 4.98 Å². The average Bonchev–Trinajstić information content (AvgIpc) is 3.86. The maximum Gasteiger partial charge on any atom is 0.337 e. The van der Waals surface area contributed by atoms with Gasteiger partial charge in [-0.1, -0.05) is 53.8 Å². The van der Waals surface area contributed by atoms with Gasteiger partial charge in [-0.3, -0.25) is 14.0 Å². The third kappa shape index (κ3) is 9.44. The highest BCUT2D eigenvalue weighted by Crippen LogP contribution is 2.34. The molecular weight excluding hydrogens is 637 g/mol. The number of fused-ring (bicyclic) bond motifs is 2. The third-order valence-electron chi connectivity index (χ3n) is 6.42. The number of hydrogen-bond donors (Lipinski definition) is 2. The van der Waals surface area contributed by atoms with E-state index in [0.717, 1.165) is 17.6 Å². The first-order chi connectivity index (χ1) is 20.1. The fraction of sp³-hybridized carbons (Fsp3) is 0.500. The molecule has 4 heterocycles. The molecule has 3 aromatic heterocycles. The van der Waals surface area contributed by atoms with Gasteiger partial charge < -0.3 is 19.1 Å². The Bertz CT molecular complexity index is 1590. The number of carbonyl (C=O) groups excluding carboxylic acids is 1. The number of H-pyrrole nitrogens is 1. The van der Waals surface area contributed by atoms with Gasteiger partial charge in [-0.25, -0.2) is 9.59 Å². The quantitative estimate of drug-likeness (QED) is 0.158. The van der Waals surface area contributed by atoms with Crippen LogP contribution in [0.5, 0.6) is 0 Å². The number of thioether (sulfide) groups is 1. The molecule has 0 radical (unpaired) electrons. The van der Waals surface area contributed by atoms with Crippen molar-refractivity contribution in [3.63, 3.8) is 0 Å². The van der Waals surface area contributed by atoms with E-state index >= 15 is 0 Å². The molecule has 2 fully saturated rings. The fourth-order valence-corrected chi connectivity index (χ4v) is 5.79. The summed E-state index contributed by atoms with van der Waals surface area (Å²) in [4.78, 5) is 53.7. The lowest BCUT2D eigenvalue weighted by atomic mass is 10.0. The number of hydrogen-bond acceptors (Lipinski definition) is 9. The molecule has 0 unspecified atom stereocenters. The third-order valence-corrected chi connectivity index (χ3v) is 8.69. The number of aromatic nitrogens is 2. The molecule has 1 aliphatic heterocycles. The van der Waals surface area contributed by atoms with Crippen molar-refractivity contribution in [2.45, 2.75) is 63.9 Å². The first-order valence-electron chi connectivity index (χ1n) is 14.0. The van der Waals surface area contributed by atoms with Gasteiger partial charge in [0.2, 0.25) is 5.71 Å². The molecule has 0 spiro atoms. The number of rotatable bonds is 6. The molecule has 0 atom stereocenters. The molecule has 0 aromatic carbocycles. The standard InChI is InChI=1S/C13H14N2O3S.C10H9NO3S.C4H7Br.CH3F/c1-2-8-5-9(16)18-12-10(8)11(17)14-13(15-12)19-6-7-3-4-7;1-2-5-3-8(12)14-6-4-7(15)11-10(13)9(5)6;5-3-4-1-2-4;1-2/h5,7H,2-4,6H2,1H3,(H,14,15,17);3H,2,4H2,1H3,(H,11,13,15);4H,1-3H2;1H3/i;;;1D. The molecule has 6 rings (SSSR count). The number of alkyl halides is 2.